The highest BCUT2D eigenvalue weighted by atomic mass is 19.4. The lowest BCUT2D eigenvalue weighted by Gasteiger charge is -2.41. The first-order valence-corrected chi connectivity index (χ1v) is 4.12. The molecule has 0 aliphatic rings. The summed E-state index contributed by atoms with van der Waals surface area (Å²) in [6, 6.07) is 0. The first-order valence-electron chi connectivity index (χ1n) is 4.12. The van der Waals surface area contributed by atoms with Gasteiger partial charge in [-0.25, -0.2) is 9.18 Å². The van der Waals surface area contributed by atoms with Crippen LogP contribution in [0.4, 0.5) is 52.7 Å². The van der Waals surface area contributed by atoms with Crippen molar-refractivity contribution in [3.63, 3.8) is 0 Å². The minimum atomic E-state index is -7.61. The molecule has 0 aromatic rings. The maximum Gasteiger partial charge on any atom is 0.470 e. The molecule has 0 aliphatic heterocycles. The van der Waals surface area contributed by atoms with E-state index in [9.17, 15) is 57.5 Å². The van der Waals surface area contributed by atoms with Gasteiger partial charge < -0.3 is 5.11 Å². The van der Waals surface area contributed by atoms with Gasteiger partial charge in [0.2, 0.25) is 0 Å². The van der Waals surface area contributed by atoms with Crippen molar-refractivity contribution in [3.8, 4) is 0 Å². The average Bonchev–Trinajstić information content (AvgIpc) is 2.09. The molecular formula is C6HF12NO2. The minimum Gasteiger partial charge on any atom is -0.477 e. The molecule has 0 saturated carbocycles. The van der Waals surface area contributed by atoms with Crippen LogP contribution in [0.15, 0.2) is 0 Å². The molecule has 0 amide bonds. The Morgan fingerprint density at radius 2 is 1.00 bits per heavy atom. The highest BCUT2D eigenvalue weighted by Crippen LogP contribution is 2.54. The molecule has 0 aromatic heterocycles. The summed E-state index contributed by atoms with van der Waals surface area (Å²) < 4.78 is 147. The third-order valence-corrected chi connectivity index (χ3v) is 1.88. The molecule has 1 atom stereocenters. The van der Waals surface area contributed by atoms with Crippen molar-refractivity contribution in [2.24, 2.45) is 0 Å². The molecule has 1 N–H and O–H groups in total. The Labute approximate surface area is 105 Å². The third kappa shape index (κ3) is 3.11. The van der Waals surface area contributed by atoms with Gasteiger partial charge in [-0.1, -0.05) is 4.90 Å². The van der Waals surface area contributed by atoms with Crippen LogP contribution in [0.5, 0.6) is 0 Å². The zero-order valence-corrected chi connectivity index (χ0v) is 8.84. The molecule has 0 spiro atoms. The van der Waals surface area contributed by atoms with Crippen LogP contribution in [-0.2, 0) is 4.79 Å². The van der Waals surface area contributed by atoms with Gasteiger partial charge in [-0.3, -0.25) is 0 Å². The van der Waals surface area contributed by atoms with Crippen LogP contribution in [-0.4, -0.2) is 46.5 Å². The highest BCUT2D eigenvalue weighted by molar-refractivity contribution is 5.77. The molecule has 0 unspecified atom stereocenters. The molecule has 0 heterocycles. The predicted octanol–water partition coefficient (Wildman–Crippen LogP) is 3.28. The first-order chi connectivity index (χ1) is 8.81. The van der Waals surface area contributed by atoms with E-state index in [0.29, 0.717) is 0 Å². The molecule has 21 heavy (non-hydrogen) atoms. The van der Waals surface area contributed by atoms with E-state index in [2.05, 4.69) is 0 Å². The van der Waals surface area contributed by atoms with Crippen molar-refractivity contribution in [1.29, 1.82) is 0 Å². The first kappa shape index (κ1) is 19.6. The molecule has 0 radical (unpaired) electrons. The Morgan fingerprint density at radius 3 is 1.14 bits per heavy atom. The van der Waals surface area contributed by atoms with Crippen LogP contribution in [0.3, 0.4) is 0 Å². The van der Waals surface area contributed by atoms with E-state index in [-0.39, 0.29) is 0 Å². The Hall–Kier alpha value is -1.41. The van der Waals surface area contributed by atoms with Gasteiger partial charge in [0.1, 0.15) is 0 Å². The molecule has 0 saturated heterocycles. The van der Waals surface area contributed by atoms with Gasteiger partial charge in [0.15, 0.2) is 0 Å². The van der Waals surface area contributed by atoms with Crippen LogP contribution in [0, 0.1) is 0 Å². The summed E-state index contributed by atoms with van der Waals surface area (Å²) in [5, 5.41) is 7.67. The van der Waals surface area contributed by atoms with Crippen LogP contribution in [0.1, 0.15) is 0 Å². The summed E-state index contributed by atoms with van der Waals surface area (Å²) in [6.45, 7) is 0. The van der Waals surface area contributed by atoms with Crippen LogP contribution in [0.25, 0.3) is 0 Å². The smallest absolute Gasteiger partial charge is 0.470 e. The second kappa shape index (κ2) is 4.81. The molecule has 126 valence electrons. The number of rotatable bonds is 3. The largest absolute Gasteiger partial charge is 0.477 e. The number of aliphatic carboxylic acids is 1. The van der Waals surface area contributed by atoms with Gasteiger partial charge in [0.25, 0.3) is 0 Å². The number of nitrogens with zero attached hydrogens (tertiary/aromatic N) is 1. The Morgan fingerprint density at radius 1 is 0.714 bits per heavy atom. The van der Waals surface area contributed by atoms with E-state index in [0.717, 1.165) is 0 Å². The van der Waals surface area contributed by atoms with Gasteiger partial charge in [0, 0.05) is 0 Å². The summed E-state index contributed by atoms with van der Waals surface area (Å²) in [4.78, 5) is 5.67. The molecule has 15 heteroatoms. The van der Waals surface area contributed by atoms with Crippen molar-refractivity contribution in [1.82, 2.24) is 4.90 Å². The predicted molar refractivity (Wildman–Crippen MR) is 36.4 cm³/mol. The molecule has 0 aromatic carbocycles. The van der Waals surface area contributed by atoms with E-state index in [1.54, 1.807) is 0 Å². The van der Waals surface area contributed by atoms with Gasteiger partial charge in [0.05, 0.1) is 0 Å². The third-order valence-electron chi connectivity index (χ3n) is 1.88. The number of carboxylic acid groups (broad SMARTS) is 1. The second-order valence-electron chi connectivity index (χ2n) is 3.27. The van der Waals surface area contributed by atoms with Gasteiger partial charge >= 0.3 is 36.5 Å². The fourth-order valence-corrected chi connectivity index (χ4v) is 1.08. The SMILES string of the molecule is O=C(O)C(F)(F)[C@](F)(N(C(F)(F)F)C(F)(F)F)C(F)(F)F. The summed E-state index contributed by atoms with van der Waals surface area (Å²) in [6.07, 6.45) is -22.2. The highest BCUT2D eigenvalue weighted by Gasteiger charge is 2.86. The van der Waals surface area contributed by atoms with Crippen molar-refractivity contribution in [2.75, 3.05) is 0 Å². The molecule has 0 rings (SSSR count). The number of carboxylic acids is 1. The van der Waals surface area contributed by atoms with E-state index >= 15 is 0 Å². The Kier molecular flexibility index (Phi) is 4.48. The van der Waals surface area contributed by atoms with Crippen LogP contribution in [0.2, 0.25) is 0 Å². The van der Waals surface area contributed by atoms with Gasteiger partial charge in [-0.15, -0.1) is 0 Å². The monoisotopic (exact) mass is 347 g/mol. The van der Waals surface area contributed by atoms with E-state index in [1.807, 2.05) is 0 Å². The fraction of sp³-hybridized carbons (Fsp3) is 0.833. The molecule has 0 aliphatic carbocycles. The Bertz CT molecular complexity index is 393. The van der Waals surface area contributed by atoms with E-state index in [1.165, 1.54) is 0 Å². The Balaban J connectivity index is 6.61. The second-order valence-corrected chi connectivity index (χ2v) is 3.27. The minimum absolute atomic E-state index is 4.15. The van der Waals surface area contributed by atoms with Crippen LogP contribution >= 0.6 is 0 Å². The summed E-state index contributed by atoms with van der Waals surface area (Å²) in [7, 11) is 0. The molecular weight excluding hydrogens is 346 g/mol. The summed E-state index contributed by atoms with van der Waals surface area (Å²) in [5.41, 5.74) is 0. The van der Waals surface area contributed by atoms with Crippen LogP contribution < -0.4 is 0 Å². The lowest BCUT2D eigenvalue weighted by molar-refractivity contribution is -0.479. The standard InChI is InChI=1S/C6HF12NO2/c7-2(8,1(20)21)3(9,4(10,11)12)19(5(13,14)15)6(16,17)18/h(H,20,21)/t3-/m0/s1. The zero-order valence-electron chi connectivity index (χ0n) is 8.84. The zero-order chi connectivity index (χ0) is 17.7. The summed E-state index contributed by atoms with van der Waals surface area (Å²) in [5.74, 6) is -18.9. The quantitative estimate of drug-likeness (QED) is 0.629. The lowest BCUT2D eigenvalue weighted by atomic mass is 10.1. The molecule has 0 bridgehead atoms. The maximum absolute atomic E-state index is 13.2. The lowest BCUT2D eigenvalue weighted by Crippen LogP contribution is -2.74. The molecule has 0 fully saturated rings. The van der Waals surface area contributed by atoms with Crippen molar-refractivity contribution in [3.05, 3.63) is 0 Å². The number of carbonyl (C=O) groups is 1. The number of alkyl halides is 12. The maximum atomic E-state index is 13.2. The van der Waals surface area contributed by atoms with E-state index in [4.69, 9.17) is 5.11 Å². The van der Waals surface area contributed by atoms with Crippen molar-refractivity contribution < 1.29 is 62.6 Å². The van der Waals surface area contributed by atoms with Gasteiger partial charge in [-0.05, 0) is 0 Å². The number of hydrogen-bond acceptors (Lipinski definition) is 2. The fourth-order valence-electron chi connectivity index (χ4n) is 1.08. The topological polar surface area (TPSA) is 40.5 Å². The normalized spacial score (nSPS) is 17.8. The number of hydrogen-bond donors (Lipinski definition) is 1. The van der Waals surface area contributed by atoms with Gasteiger partial charge in [-0.2, -0.15) is 48.3 Å². The summed E-state index contributed by atoms with van der Waals surface area (Å²) >= 11 is 0. The van der Waals surface area contributed by atoms with Crippen molar-refractivity contribution in [2.45, 2.75) is 30.5 Å². The van der Waals surface area contributed by atoms with E-state index < -0.39 is 41.4 Å². The number of halogens is 12. The average molecular weight is 347 g/mol. The molecule has 3 nitrogen and oxygen atoms in total. The van der Waals surface area contributed by atoms with Crippen molar-refractivity contribution >= 4 is 5.97 Å².